The minimum atomic E-state index is -0.0907. The Hall–Kier alpha value is -3.46. The molecule has 1 aliphatic rings. The zero-order valence-electron chi connectivity index (χ0n) is 20.4. The molecule has 8 nitrogen and oxygen atoms in total. The third-order valence-electron chi connectivity index (χ3n) is 6.13. The minimum Gasteiger partial charge on any atom is -0.497 e. The molecule has 1 aromatic carbocycles. The Bertz CT molecular complexity index is 1120. The van der Waals surface area contributed by atoms with Gasteiger partial charge in [-0.2, -0.15) is 0 Å². The van der Waals surface area contributed by atoms with E-state index in [0.717, 1.165) is 35.8 Å². The van der Waals surface area contributed by atoms with Crippen molar-refractivity contribution in [2.75, 3.05) is 44.7 Å². The molecular formula is C26H31N5O3S. The van der Waals surface area contributed by atoms with Crippen LogP contribution < -0.4 is 9.64 Å². The van der Waals surface area contributed by atoms with Crippen molar-refractivity contribution in [3.05, 3.63) is 58.8 Å². The van der Waals surface area contributed by atoms with E-state index in [1.54, 1.807) is 18.1 Å². The topological polar surface area (TPSA) is 78.9 Å². The molecule has 4 rings (SSSR count). The van der Waals surface area contributed by atoms with Gasteiger partial charge in [-0.15, -0.1) is 21.5 Å². The maximum atomic E-state index is 13.1. The smallest absolute Gasteiger partial charge is 0.264 e. The van der Waals surface area contributed by atoms with Crippen LogP contribution in [0.2, 0.25) is 0 Å². The van der Waals surface area contributed by atoms with Crippen LogP contribution in [0.3, 0.4) is 0 Å². The van der Waals surface area contributed by atoms with Crippen molar-refractivity contribution in [2.24, 2.45) is 0 Å². The van der Waals surface area contributed by atoms with Crippen LogP contribution in [0.25, 0.3) is 11.3 Å². The van der Waals surface area contributed by atoms with Crippen molar-refractivity contribution in [1.29, 1.82) is 0 Å². The summed E-state index contributed by atoms with van der Waals surface area (Å²) in [6.45, 7) is 6.68. The average molecular weight is 494 g/mol. The number of anilines is 1. The molecule has 35 heavy (non-hydrogen) atoms. The average Bonchev–Trinajstić information content (AvgIpc) is 3.31. The maximum absolute atomic E-state index is 13.1. The fourth-order valence-electron chi connectivity index (χ4n) is 4.08. The molecule has 0 spiro atoms. The number of aromatic nitrogens is 2. The van der Waals surface area contributed by atoms with Gasteiger partial charge in [0.05, 0.1) is 17.7 Å². The Balaban J connectivity index is 1.36. The lowest BCUT2D eigenvalue weighted by molar-refractivity contribution is -0.132. The van der Waals surface area contributed by atoms with Gasteiger partial charge in [0.25, 0.3) is 5.91 Å². The Morgan fingerprint density at radius 1 is 1.03 bits per heavy atom. The molecule has 2 amide bonds. The second-order valence-corrected chi connectivity index (χ2v) is 9.68. The highest BCUT2D eigenvalue weighted by Gasteiger charge is 2.26. The zero-order chi connectivity index (χ0) is 24.8. The minimum absolute atomic E-state index is 0.0219. The van der Waals surface area contributed by atoms with Crippen LogP contribution in [-0.2, 0) is 4.79 Å². The van der Waals surface area contributed by atoms with E-state index >= 15 is 0 Å². The summed E-state index contributed by atoms with van der Waals surface area (Å²) in [6.07, 6.45) is 0.828. The van der Waals surface area contributed by atoms with Gasteiger partial charge in [0.2, 0.25) is 5.91 Å². The molecule has 1 saturated heterocycles. The fraction of sp³-hybridized carbons (Fsp3) is 0.385. The van der Waals surface area contributed by atoms with Crippen molar-refractivity contribution < 1.29 is 14.3 Å². The van der Waals surface area contributed by atoms with E-state index in [9.17, 15) is 9.59 Å². The summed E-state index contributed by atoms with van der Waals surface area (Å²) in [6, 6.07) is 15.3. The van der Waals surface area contributed by atoms with Gasteiger partial charge in [-0.05, 0) is 68.1 Å². The largest absolute Gasteiger partial charge is 0.497 e. The van der Waals surface area contributed by atoms with Crippen LogP contribution in [0.1, 0.15) is 29.9 Å². The van der Waals surface area contributed by atoms with Crippen molar-refractivity contribution in [3.63, 3.8) is 0 Å². The van der Waals surface area contributed by atoms with Gasteiger partial charge in [0.1, 0.15) is 12.3 Å². The van der Waals surface area contributed by atoms with Crippen LogP contribution in [0.4, 0.5) is 5.82 Å². The Kier molecular flexibility index (Phi) is 7.97. The monoisotopic (exact) mass is 493 g/mol. The normalized spacial score (nSPS) is 14.1. The first-order valence-electron chi connectivity index (χ1n) is 11.8. The Morgan fingerprint density at radius 2 is 1.83 bits per heavy atom. The quantitative estimate of drug-likeness (QED) is 0.498. The first kappa shape index (κ1) is 24.7. The number of carbonyl (C=O) groups is 2. The number of methoxy groups -OCH3 is 1. The standard InChI is InChI=1S/C26H31N5O3S/c1-19(2)31(26(33)23-6-4-17-35-23)18-25(32)30-14-5-13-29(15-16-30)24-12-11-22(27-28-24)20-7-9-21(34-3)10-8-20/h4,6-12,17,19H,5,13-16,18H2,1-3H3. The van der Waals surface area contributed by atoms with E-state index in [1.807, 2.05) is 66.6 Å². The highest BCUT2D eigenvalue weighted by atomic mass is 32.1. The van der Waals surface area contributed by atoms with E-state index in [1.165, 1.54) is 11.3 Å². The lowest BCUT2D eigenvalue weighted by Crippen LogP contribution is -2.46. The summed E-state index contributed by atoms with van der Waals surface area (Å²) in [5.41, 5.74) is 1.77. The van der Waals surface area contributed by atoms with Gasteiger partial charge < -0.3 is 19.4 Å². The first-order chi connectivity index (χ1) is 17.0. The number of amides is 2. The van der Waals surface area contributed by atoms with Crippen LogP contribution in [0.5, 0.6) is 5.75 Å². The molecule has 3 heterocycles. The highest BCUT2D eigenvalue weighted by Crippen LogP contribution is 2.22. The predicted molar refractivity (Wildman–Crippen MR) is 138 cm³/mol. The molecule has 0 unspecified atom stereocenters. The van der Waals surface area contributed by atoms with E-state index in [4.69, 9.17) is 4.74 Å². The summed E-state index contributed by atoms with van der Waals surface area (Å²) < 4.78 is 5.21. The van der Waals surface area contributed by atoms with Crippen LogP contribution in [0, 0.1) is 0 Å². The first-order valence-corrected chi connectivity index (χ1v) is 12.7. The van der Waals surface area contributed by atoms with Gasteiger partial charge in [0.15, 0.2) is 5.82 Å². The summed E-state index contributed by atoms with van der Waals surface area (Å²) in [5, 5.41) is 10.7. The van der Waals surface area contributed by atoms with Crippen LogP contribution in [-0.4, -0.2) is 77.7 Å². The van der Waals surface area contributed by atoms with Gasteiger partial charge in [0, 0.05) is 37.8 Å². The number of hydrogen-bond acceptors (Lipinski definition) is 7. The Labute approximate surface area is 210 Å². The van der Waals surface area contributed by atoms with Crippen molar-refractivity contribution in [2.45, 2.75) is 26.3 Å². The van der Waals surface area contributed by atoms with Crippen LogP contribution >= 0.6 is 11.3 Å². The second kappa shape index (κ2) is 11.3. The van der Waals surface area contributed by atoms with Crippen LogP contribution in [0.15, 0.2) is 53.9 Å². The van der Waals surface area contributed by atoms with Gasteiger partial charge >= 0.3 is 0 Å². The van der Waals surface area contributed by atoms with Gasteiger partial charge in [-0.25, -0.2) is 0 Å². The number of hydrogen-bond donors (Lipinski definition) is 0. The second-order valence-electron chi connectivity index (χ2n) is 8.73. The van der Waals surface area contributed by atoms with E-state index in [2.05, 4.69) is 15.1 Å². The molecule has 0 radical (unpaired) electrons. The molecule has 2 aromatic heterocycles. The molecule has 3 aromatic rings. The van der Waals surface area contributed by atoms with Gasteiger partial charge in [-0.3, -0.25) is 9.59 Å². The van der Waals surface area contributed by atoms with E-state index in [-0.39, 0.29) is 24.4 Å². The molecule has 1 aliphatic heterocycles. The summed E-state index contributed by atoms with van der Waals surface area (Å²) in [5.74, 6) is 1.49. The van der Waals surface area contributed by atoms with Gasteiger partial charge in [-0.1, -0.05) is 6.07 Å². The highest BCUT2D eigenvalue weighted by molar-refractivity contribution is 7.12. The van der Waals surface area contributed by atoms with E-state index in [0.29, 0.717) is 24.5 Å². The number of thiophene rings is 1. The molecule has 184 valence electrons. The maximum Gasteiger partial charge on any atom is 0.264 e. The Morgan fingerprint density at radius 3 is 2.46 bits per heavy atom. The molecule has 0 bridgehead atoms. The molecule has 0 atom stereocenters. The number of carbonyl (C=O) groups excluding carboxylic acids is 2. The zero-order valence-corrected chi connectivity index (χ0v) is 21.2. The predicted octanol–water partition coefficient (Wildman–Crippen LogP) is 3.80. The molecule has 0 N–H and O–H groups in total. The summed E-state index contributed by atoms with van der Waals surface area (Å²) in [7, 11) is 1.64. The molecule has 0 aliphatic carbocycles. The summed E-state index contributed by atoms with van der Waals surface area (Å²) >= 11 is 1.40. The number of ether oxygens (including phenoxy) is 1. The lowest BCUT2D eigenvalue weighted by atomic mass is 10.1. The number of rotatable bonds is 7. The molecule has 0 saturated carbocycles. The molecular weight excluding hydrogens is 462 g/mol. The van der Waals surface area contributed by atoms with Crippen molar-refractivity contribution >= 4 is 29.0 Å². The third kappa shape index (κ3) is 5.97. The molecule has 1 fully saturated rings. The summed E-state index contributed by atoms with van der Waals surface area (Å²) in [4.78, 5) is 32.3. The van der Waals surface area contributed by atoms with Crippen molar-refractivity contribution in [3.8, 4) is 17.0 Å². The van der Waals surface area contributed by atoms with Crippen molar-refractivity contribution in [1.82, 2.24) is 20.0 Å². The third-order valence-corrected chi connectivity index (χ3v) is 6.99. The molecule has 9 heteroatoms. The SMILES string of the molecule is COc1ccc(-c2ccc(N3CCCN(C(=O)CN(C(=O)c4cccs4)C(C)C)CC3)nn2)cc1. The number of nitrogens with zero attached hydrogens (tertiary/aromatic N) is 5. The number of benzene rings is 1. The van der Waals surface area contributed by atoms with E-state index < -0.39 is 0 Å². The lowest BCUT2D eigenvalue weighted by Gasteiger charge is -2.29. The fourth-order valence-corrected chi connectivity index (χ4v) is 4.76.